The number of benzene rings is 2. The molecule has 0 fully saturated rings. The number of hydrogen-bond donors (Lipinski definition) is 1. The normalized spacial score (nSPS) is 12.5. The van der Waals surface area contributed by atoms with Gasteiger partial charge in [-0.2, -0.15) is 0 Å². The second kappa shape index (κ2) is 7.66. The zero-order valence-corrected chi connectivity index (χ0v) is 14.3. The second-order valence-corrected chi connectivity index (χ2v) is 5.73. The van der Waals surface area contributed by atoms with Gasteiger partial charge in [-0.3, -0.25) is 34.2 Å². The number of nitrogens with one attached hydrogen (secondary N) is 1. The number of nitrogens with zero attached hydrogens (tertiary/aromatic N) is 2. The summed E-state index contributed by atoms with van der Waals surface area (Å²) in [5.41, 5.74) is -0.536. The van der Waals surface area contributed by atoms with Crippen LogP contribution < -0.4 is 5.32 Å². The van der Waals surface area contributed by atoms with Crippen LogP contribution in [0, 0.1) is 10.1 Å². The van der Waals surface area contributed by atoms with Gasteiger partial charge in [0, 0.05) is 11.8 Å². The highest BCUT2D eigenvalue weighted by atomic mass is 16.6. The number of nitro groups is 1. The van der Waals surface area contributed by atoms with E-state index < -0.39 is 47.5 Å². The minimum atomic E-state index is -1.000. The summed E-state index contributed by atoms with van der Waals surface area (Å²) < 4.78 is 4.78. The summed E-state index contributed by atoms with van der Waals surface area (Å²) in [7, 11) is 0. The van der Waals surface area contributed by atoms with Crippen LogP contribution in [0.3, 0.4) is 0 Å². The van der Waals surface area contributed by atoms with Gasteiger partial charge in [-0.25, -0.2) is 0 Å². The van der Waals surface area contributed by atoms with Crippen LogP contribution in [0.4, 0.5) is 11.4 Å². The van der Waals surface area contributed by atoms with Crippen molar-refractivity contribution in [3.8, 4) is 0 Å². The number of rotatable bonds is 6. The molecule has 0 bridgehead atoms. The number of carbonyl (C=O) groups excluding carboxylic acids is 4. The number of para-hydroxylation sites is 1. The number of ether oxygens (including phenoxy) is 1. The highest BCUT2D eigenvalue weighted by Crippen LogP contribution is 2.30. The van der Waals surface area contributed by atoms with Crippen LogP contribution >= 0.6 is 0 Å². The topological polar surface area (TPSA) is 136 Å². The van der Waals surface area contributed by atoms with Crippen LogP contribution in [0.15, 0.2) is 48.5 Å². The van der Waals surface area contributed by atoms with E-state index in [9.17, 15) is 29.3 Å². The molecule has 10 nitrogen and oxygen atoms in total. The van der Waals surface area contributed by atoms with E-state index in [-0.39, 0.29) is 11.1 Å². The summed E-state index contributed by atoms with van der Waals surface area (Å²) in [6.07, 6.45) is 0. The van der Waals surface area contributed by atoms with Crippen LogP contribution in [0.5, 0.6) is 0 Å². The van der Waals surface area contributed by atoms with Gasteiger partial charge in [0.2, 0.25) is 0 Å². The summed E-state index contributed by atoms with van der Waals surface area (Å²) in [6.45, 7) is -1.38. The Balaban J connectivity index is 1.61. The number of imide groups is 1. The first kappa shape index (κ1) is 18.7. The predicted octanol–water partition coefficient (Wildman–Crippen LogP) is 1.37. The van der Waals surface area contributed by atoms with Crippen LogP contribution in [-0.2, 0) is 14.3 Å². The molecule has 1 heterocycles. The Hall–Kier alpha value is -4.08. The van der Waals surface area contributed by atoms with Crippen LogP contribution in [0.25, 0.3) is 0 Å². The van der Waals surface area contributed by atoms with E-state index in [1.165, 1.54) is 12.1 Å². The lowest BCUT2D eigenvalue weighted by Crippen LogP contribution is -2.36. The van der Waals surface area contributed by atoms with Crippen molar-refractivity contribution in [2.45, 2.75) is 0 Å². The molecule has 0 saturated heterocycles. The van der Waals surface area contributed by atoms with Crippen molar-refractivity contribution in [2.24, 2.45) is 0 Å². The average Bonchev–Trinajstić information content (AvgIpc) is 2.92. The summed E-state index contributed by atoms with van der Waals surface area (Å²) in [4.78, 5) is 59.2. The van der Waals surface area contributed by atoms with Gasteiger partial charge in [-0.05, 0) is 18.2 Å². The molecule has 3 amide bonds. The molecule has 1 aliphatic rings. The number of esters is 1. The van der Waals surface area contributed by atoms with Crippen molar-refractivity contribution in [3.05, 3.63) is 69.8 Å². The average molecular weight is 383 g/mol. The summed E-state index contributed by atoms with van der Waals surface area (Å²) in [6, 6.07) is 12.1. The van der Waals surface area contributed by atoms with E-state index in [4.69, 9.17) is 4.74 Å². The van der Waals surface area contributed by atoms with Crippen LogP contribution in [0.1, 0.15) is 20.7 Å². The lowest BCUT2D eigenvalue weighted by Gasteiger charge is -2.13. The Morgan fingerprint density at radius 3 is 2.43 bits per heavy atom. The smallest absolute Gasteiger partial charge is 0.326 e. The van der Waals surface area contributed by atoms with E-state index in [0.29, 0.717) is 10.6 Å². The zero-order chi connectivity index (χ0) is 20.3. The van der Waals surface area contributed by atoms with Crippen LogP contribution in [-0.4, -0.2) is 46.7 Å². The van der Waals surface area contributed by atoms with Gasteiger partial charge < -0.3 is 10.1 Å². The van der Waals surface area contributed by atoms with Crippen molar-refractivity contribution in [1.82, 2.24) is 4.90 Å². The van der Waals surface area contributed by atoms with Gasteiger partial charge in [-0.15, -0.1) is 0 Å². The van der Waals surface area contributed by atoms with Crippen molar-refractivity contribution < 1.29 is 28.8 Å². The van der Waals surface area contributed by atoms with Gasteiger partial charge >= 0.3 is 5.97 Å². The first-order chi connectivity index (χ1) is 13.4. The van der Waals surface area contributed by atoms with Crippen molar-refractivity contribution >= 4 is 35.1 Å². The third-order valence-corrected chi connectivity index (χ3v) is 3.88. The van der Waals surface area contributed by atoms with E-state index >= 15 is 0 Å². The van der Waals surface area contributed by atoms with E-state index in [1.54, 1.807) is 30.3 Å². The van der Waals surface area contributed by atoms with Gasteiger partial charge in [-0.1, -0.05) is 24.3 Å². The minimum Gasteiger partial charge on any atom is -0.454 e. The van der Waals surface area contributed by atoms with Crippen molar-refractivity contribution in [2.75, 3.05) is 18.5 Å². The predicted molar refractivity (Wildman–Crippen MR) is 94.5 cm³/mol. The summed E-state index contributed by atoms with van der Waals surface area (Å²) >= 11 is 0. The Kier molecular flexibility index (Phi) is 5.12. The monoisotopic (exact) mass is 383 g/mol. The highest BCUT2D eigenvalue weighted by molar-refractivity contribution is 6.24. The lowest BCUT2D eigenvalue weighted by molar-refractivity contribution is -0.385. The Morgan fingerprint density at radius 1 is 1.04 bits per heavy atom. The molecule has 1 N–H and O–H groups in total. The molecule has 0 aliphatic carbocycles. The number of anilines is 1. The second-order valence-electron chi connectivity index (χ2n) is 5.73. The van der Waals surface area contributed by atoms with E-state index in [2.05, 4.69) is 5.32 Å². The number of fused-ring (bicyclic) bond motifs is 1. The van der Waals surface area contributed by atoms with Gasteiger partial charge in [0.1, 0.15) is 12.1 Å². The van der Waals surface area contributed by atoms with Crippen molar-refractivity contribution in [1.29, 1.82) is 0 Å². The Labute approximate surface area is 157 Å². The molecule has 2 aromatic rings. The van der Waals surface area contributed by atoms with Gasteiger partial charge in [0.25, 0.3) is 23.4 Å². The number of amides is 3. The van der Waals surface area contributed by atoms with Gasteiger partial charge in [0.05, 0.1) is 10.5 Å². The number of carbonyl (C=O) groups is 4. The molecule has 0 atom stereocenters. The maximum absolute atomic E-state index is 12.4. The molecule has 28 heavy (non-hydrogen) atoms. The maximum Gasteiger partial charge on any atom is 0.326 e. The molecule has 1 aliphatic heterocycles. The molecule has 142 valence electrons. The molecule has 10 heteroatoms. The number of hydrogen-bond acceptors (Lipinski definition) is 7. The minimum absolute atomic E-state index is 0.158. The van der Waals surface area contributed by atoms with Crippen LogP contribution in [0.2, 0.25) is 0 Å². The third-order valence-electron chi connectivity index (χ3n) is 3.88. The third kappa shape index (κ3) is 3.70. The first-order valence-corrected chi connectivity index (χ1v) is 8.02. The van der Waals surface area contributed by atoms with Crippen molar-refractivity contribution in [3.63, 3.8) is 0 Å². The lowest BCUT2D eigenvalue weighted by atomic mass is 10.1. The standard InChI is InChI=1S/C18H13N3O7/c22-14(19-11-5-2-1-3-6-11)10-28-15(23)9-20-17(24)12-7-4-8-13(21(26)27)16(12)18(20)25/h1-8H,9-10H2,(H,19,22). The Bertz CT molecular complexity index is 988. The fraction of sp³-hybridized carbons (Fsp3) is 0.111. The molecule has 0 unspecified atom stereocenters. The summed E-state index contributed by atoms with van der Waals surface area (Å²) in [5.74, 6) is -3.40. The largest absolute Gasteiger partial charge is 0.454 e. The Morgan fingerprint density at radius 2 is 1.75 bits per heavy atom. The quantitative estimate of drug-likeness (QED) is 0.344. The molecular formula is C18H13N3O7. The molecular weight excluding hydrogens is 370 g/mol. The number of nitro benzene ring substituents is 1. The van der Waals surface area contributed by atoms with Gasteiger partial charge in [0.15, 0.2) is 6.61 Å². The summed E-state index contributed by atoms with van der Waals surface area (Å²) in [5, 5.41) is 13.6. The fourth-order valence-corrected chi connectivity index (χ4v) is 2.65. The fourth-order valence-electron chi connectivity index (χ4n) is 2.65. The SMILES string of the molecule is O=C(COC(=O)CN1C(=O)c2cccc([N+](=O)[O-])c2C1=O)Nc1ccccc1. The molecule has 0 saturated carbocycles. The van der Waals surface area contributed by atoms with E-state index in [0.717, 1.165) is 6.07 Å². The molecule has 0 spiro atoms. The molecule has 0 aromatic heterocycles. The highest BCUT2D eigenvalue weighted by Gasteiger charge is 2.41. The zero-order valence-electron chi connectivity index (χ0n) is 14.3. The molecule has 3 rings (SSSR count). The van der Waals surface area contributed by atoms with E-state index in [1.807, 2.05) is 0 Å². The maximum atomic E-state index is 12.4. The first-order valence-electron chi connectivity index (χ1n) is 8.02. The molecule has 0 radical (unpaired) electrons. The molecule has 2 aromatic carbocycles.